The molecule has 1 saturated heterocycles. The molecule has 1 fully saturated rings. The number of benzene rings is 2. The van der Waals surface area contributed by atoms with E-state index in [1.165, 1.54) is 31.0 Å². The van der Waals surface area contributed by atoms with Crippen LogP contribution in [0.1, 0.15) is 24.8 Å². The van der Waals surface area contributed by atoms with E-state index in [-0.39, 0.29) is 0 Å². The molecule has 2 nitrogen and oxygen atoms in total. The summed E-state index contributed by atoms with van der Waals surface area (Å²) < 4.78 is 26.0. The maximum atomic E-state index is 13.1. The normalized spacial score (nSPS) is 15.5. The lowest BCUT2D eigenvalue weighted by Gasteiger charge is -2.28. The van der Waals surface area contributed by atoms with E-state index in [0.717, 1.165) is 30.9 Å². The molecule has 0 atom stereocenters. The molecule has 0 aliphatic carbocycles. The lowest BCUT2D eigenvalue weighted by molar-refractivity contribution is 0.508. The van der Waals surface area contributed by atoms with Crippen LogP contribution < -0.4 is 4.90 Å². The largest absolute Gasteiger partial charge is 0.372 e. The third-order valence-electron chi connectivity index (χ3n) is 3.88. The number of hydrogen-bond donors (Lipinski definition) is 0. The first-order valence-electron chi connectivity index (χ1n) is 7.56. The van der Waals surface area contributed by atoms with Crippen LogP contribution in [0.25, 0.3) is 0 Å². The highest BCUT2D eigenvalue weighted by Crippen LogP contribution is 2.23. The summed E-state index contributed by atoms with van der Waals surface area (Å²) in [7, 11) is 0. The Bertz CT molecular complexity index is 659. The van der Waals surface area contributed by atoms with Gasteiger partial charge in [-0.1, -0.05) is 6.07 Å². The highest BCUT2D eigenvalue weighted by molar-refractivity contribution is 5.82. The maximum absolute atomic E-state index is 13.1. The van der Waals surface area contributed by atoms with Crippen molar-refractivity contribution in [2.75, 3.05) is 18.0 Å². The van der Waals surface area contributed by atoms with Gasteiger partial charge in [0.15, 0.2) is 11.6 Å². The maximum Gasteiger partial charge on any atom is 0.159 e. The van der Waals surface area contributed by atoms with Gasteiger partial charge >= 0.3 is 0 Å². The van der Waals surface area contributed by atoms with Crippen LogP contribution >= 0.6 is 0 Å². The molecule has 22 heavy (non-hydrogen) atoms. The minimum atomic E-state index is -0.857. The molecule has 1 aliphatic rings. The summed E-state index contributed by atoms with van der Waals surface area (Å²) in [5.74, 6) is -1.70. The molecular weight excluding hydrogens is 282 g/mol. The van der Waals surface area contributed by atoms with Gasteiger partial charge in [0.1, 0.15) is 0 Å². The molecule has 2 aromatic rings. The van der Waals surface area contributed by atoms with Gasteiger partial charge in [0.2, 0.25) is 0 Å². The molecule has 114 valence electrons. The number of piperidine rings is 1. The highest BCUT2D eigenvalue weighted by atomic mass is 19.2. The quantitative estimate of drug-likeness (QED) is 0.750. The van der Waals surface area contributed by atoms with Crippen LogP contribution in [0.3, 0.4) is 0 Å². The van der Waals surface area contributed by atoms with E-state index >= 15 is 0 Å². The molecule has 0 N–H and O–H groups in total. The number of nitrogens with zero attached hydrogens (tertiary/aromatic N) is 2. The van der Waals surface area contributed by atoms with Crippen molar-refractivity contribution in [3.63, 3.8) is 0 Å². The van der Waals surface area contributed by atoms with E-state index in [9.17, 15) is 8.78 Å². The second kappa shape index (κ2) is 6.69. The van der Waals surface area contributed by atoms with Crippen LogP contribution in [0, 0.1) is 11.6 Å². The summed E-state index contributed by atoms with van der Waals surface area (Å²) in [6.45, 7) is 2.22. The van der Waals surface area contributed by atoms with E-state index in [1.54, 1.807) is 6.21 Å². The molecule has 0 bridgehead atoms. The average Bonchev–Trinajstić information content (AvgIpc) is 2.57. The van der Waals surface area contributed by atoms with Crippen molar-refractivity contribution in [2.24, 2.45) is 4.99 Å². The second-order valence-corrected chi connectivity index (χ2v) is 5.50. The molecule has 0 amide bonds. The van der Waals surface area contributed by atoms with Crippen LogP contribution in [-0.4, -0.2) is 19.3 Å². The van der Waals surface area contributed by atoms with Gasteiger partial charge < -0.3 is 4.90 Å². The van der Waals surface area contributed by atoms with Gasteiger partial charge in [-0.2, -0.15) is 0 Å². The van der Waals surface area contributed by atoms with Crippen LogP contribution in [-0.2, 0) is 0 Å². The zero-order valence-electron chi connectivity index (χ0n) is 12.3. The van der Waals surface area contributed by atoms with Crippen molar-refractivity contribution >= 4 is 17.6 Å². The monoisotopic (exact) mass is 300 g/mol. The lowest BCUT2D eigenvalue weighted by Crippen LogP contribution is -2.29. The number of anilines is 1. The predicted octanol–water partition coefficient (Wildman–Crippen LogP) is 4.71. The van der Waals surface area contributed by atoms with Crippen molar-refractivity contribution in [3.05, 3.63) is 59.7 Å². The zero-order chi connectivity index (χ0) is 15.4. The fourth-order valence-electron chi connectivity index (χ4n) is 2.64. The first kappa shape index (κ1) is 14.7. The Morgan fingerprint density at radius 1 is 0.864 bits per heavy atom. The van der Waals surface area contributed by atoms with Crippen molar-refractivity contribution < 1.29 is 8.78 Å². The van der Waals surface area contributed by atoms with Gasteiger partial charge in [-0.25, -0.2) is 8.78 Å². The predicted molar refractivity (Wildman–Crippen MR) is 86.1 cm³/mol. The molecular formula is C18H18F2N2. The van der Waals surface area contributed by atoms with Crippen LogP contribution in [0.5, 0.6) is 0 Å². The van der Waals surface area contributed by atoms with Crippen molar-refractivity contribution in [1.82, 2.24) is 0 Å². The molecule has 1 heterocycles. The first-order chi connectivity index (χ1) is 10.7. The van der Waals surface area contributed by atoms with Crippen molar-refractivity contribution in [2.45, 2.75) is 19.3 Å². The van der Waals surface area contributed by atoms with Gasteiger partial charge in [-0.3, -0.25) is 4.99 Å². The van der Waals surface area contributed by atoms with Gasteiger partial charge in [0, 0.05) is 25.0 Å². The zero-order valence-corrected chi connectivity index (χ0v) is 12.3. The van der Waals surface area contributed by atoms with Crippen LogP contribution in [0.4, 0.5) is 20.2 Å². The van der Waals surface area contributed by atoms with E-state index in [4.69, 9.17) is 0 Å². The summed E-state index contributed by atoms with van der Waals surface area (Å²) in [5, 5.41) is 0. The van der Waals surface area contributed by atoms with E-state index in [2.05, 4.69) is 22.0 Å². The number of hydrogen-bond acceptors (Lipinski definition) is 2. The van der Waals surface area contributed by atoms with E-state index in [0.29, 0.717) is 5.56 Å². The Hall–Kier alpha value is -2.23. The van der Waals surface area contributed by atoms with Crippen LogP contribution in [0.15, 0.2) is 47.5 Å². The third kappa shape index (κ3) is 3.50. The molecule has 0 unspecified atom stereocenters. The second-order valence-electron chi connectivity index (χ2n) is 5.50. The van der Waals surface area contributed by atoms with Crippen molar-refractivity contribution in [1.29, 1.82) is 0 Å². The minimum Gasteiger partial charge on any atom is -0.372 e. The molecule has 0 saturated carbocycles. The standard InChI is InChI=1S/C18H18F2N2/c19-17-9-4-14(12-18(17)20)13-21-15-5-7-16(8-6-15)22-10-2-1-3-11-22/h4-9,12-13H,1-3,10-11H2. The smallest absolute Gasteiger partial charge is 0.159 e. The van der Waals surface area contributed by atoms with Gasteiger partial charge in [-0.15, -0.1) is 0 Å². The molecule has 4 heteroatoms. The number of aliphatic imine (C=N–C) groups is 1. The summed E-state index contributed by atoms with van der Waals surface area (Å²) in [6.07, 6.45) is 5.34. The summed E-state index contributed by atoms with van der Waals surface area (Å²) in [6, 6.07) is 11.8. The molecule has 0 spiro atoms. The van der Waals surface area contributed by atoms with Crippen molar-refractivity contribution in [3.8, 4) is 0 Å². The molecule has 3 rings (SSSR count). The van der Waals surface area contributed by atoms with Gasteiger partial charge in [0.25, 0.3) is 0 Å². The Balaban J connectivity index is 1.69. The Morgan fingerprint density at radius 3 is 2.27 bits per heavy atom. The fourth-order valence-corrected chi connectivity index (χ4v) is 2.64. The summed E-state index contributed by atoms with van der Waals surface area (Å²) in [5.41, 5.74) is 2.55. The van der Waals surface area contributed by atoms with E-state index < -0.39 is 11.6 Å². The van der Waals surface area contributed by atoms with Crippen LogP contribution in [0.2, 0.25) is 0 Å². The Morgan fingerprint density at radius 2 is 1.59 bits per heavy atom. The molecule has 1 aliphatic heterocycles. The fraction of sp³-hybridized carbons (Fsp3) is 0.278. The van der Waals surface area contributed by atoms with Gasteiger partial charge in [0.05, 0.1) is 5.69 Å². The molecule has 2 aromatic carbocycles. The highest BCUT2D eigenvalue weighted by Gasteiger charge is 2.10. The molecule has 0 aromatic heterocycles. The Kier molecular flexibility index (Phi) is 4.47. The average molecular weight is 300 g/mol. The summed E-state index contributed by atoms with van der Waals surface area (Å²) >= 11 is 0. The van der Waals surface area contributed by atoms with Gasteiger partial charge in [-0.05, 0) is 61.2 Å². The first-order valence-corrected chi connectivity index (χ1v) is 7.56. The topological polar surface area (TPSA) is 15.6 Å². The summed E-state index contributed by atoms with van der Waals surface area (Å²) in [4.78, 5) is 6.68. The number of halogens is 2. The SMILES string of the molecule is Fc1ccc(C=Nc2ccc(N3CCCCC3)cc2)cc1F. The lowest BCUT2D eigenvalue weighted by atomic mass is 10.1. The third-order valence-corrected chi connectivity index (χ3v) is 3.88. The number of rotatable bonds is 3. The van der Waals surface area contributed by atoms with E-state index in [1.807, 2.05) is 12.1 Å². The molecule has 0 radical (unpaired) electrons. The minimum absolute atomic E-state index is 0.541. The Labute approximate surface area is 129 Å².